The van der Waals surface area contributed by atoms with E-state index in [4.69, 9.17) is 9.47 Å². The number of hydrogen-bond acceptors (Lipinski definition) is 4. The summed E-state index contributed by atoms with van der Waals surface area (Å²) in [7, 11) is 1.42. The van der Waals surface area contributed by atoms with Gasteiger partial charge in [-0.05, 0) is 12.1 Å². The van der Waals surface area contributed by atoms with E-state index in [0.717, 1.165) is 18.7 Å². The molecule has 1 saturated heterocycles. The Hall–Kier alpha value is -1.39. The number of ether oxygens (including phenoxy) is 2. The lowest BCUT2D eigenvalue weighted by Gasteiger charge is -2.38. The monoisotopic (exact) mass is 249 g/mol. The third-order valence-electron chi connectivity index (χ3n) is 3.33. The van der Waals surface area contributed by atoms with Crippen molar-refractivity contribution in [2.24, 2.45) is 0 Å². The number of rotatable bonds is 3. The highest BCUT2D eigenvalue weighted by Gasteiger charge is 2.38. The fraction of sp³-hybridized carbons (Fsp3) is 0.500. The second-order valence-corrected chi connectivity index (χ2v) is 4.30. The standard InChI is InChI=1S/C14H19NO3/c1-3-15-9-10-18-13(12(15)14(16)17-2)11-7-5-4-6-8-11/h4-8,12-13H,3,9-10H2,1-2H3. The molecule has 4 nitrogen and oxygen atoms in total. The summed E-state index contributed by atoms with van der Waals surface area (Å²) < 4.78 is 10.7. The van der Waals surface area contributed by atoms with Gasteiger partial charge in [0.05, 0.1) is 13.7 Å². The molecule has 2 unspecified atom stereocenters. The molecule has 0 aromatic heterocycles. The van der Waals surface area contributed by atoms with Gasteiger partial charge in [0.15, 0.2) is 0 Å². The Morgan fingerprint density at radius 1 is 1.44 bits per heavy atom. The van der Waals surface area contributed by atoms with Crippen molar-refractivity contribution in [2.45, 2.75) is 19.1 Å². The number of likely N-dealkylation sites (N-methyl/N-ethyl adjacent to an activating group) is 1. The number of carbonyl (C=O) groups is 1. The minimum absolute atomic E-state index is 0.231. The van der Waals surface area contributed by atoms with E-state index in [1.807, 2.05) is 37.3 Å². The molecule has 0 amide bonds. The summed E-state index contributed by atoms with van der Waals surface area (Å²) in [6.45, 7) is 4.26. The van der Waals surface area contributed by atoms with Gasteiger partial charge < -0.3 is 9.47 Å². The number of esters is 1. The normalized spacial score (nSPS) is 24.8. The molecule has 18 heavy (non-hydrogen) atoms. The van der Waals surface area contributed by atoms with Crippen molar-refractivity contribution in [1.29, 1.82) is 0 Å². The average Bonchev–Trinajstić information content (AvgIpc) is 2.46. The van der Waals surface area contributed by atoms with Crippen LogP contribution in [0.3, 0.4) is 0 Å². The van der Waals surface area contributed by atoms with Gasteiger partial charge in [0.1, 0.15) is 12.1 Å². The minimum Gasteiger partial charge on any atom is -0.468 e. The first-order chi connectivity index (χ1) is 8.77. The number of morpholine rings is 1. The Balaban J connectivity index is 2.28. The van der Waals surface area contributed by atoms with Crippen LogP contribution < -0.4 is 0 Å². The fourth-order valence-corrected chi connectivity index (χ4v) is 2.39. The van der Waals surface area contributed by atoms with E-state index in [2.05, 4.69) is 4.90 Å². The summed E-state index contributed by atoms with van der Waals surface area (Å²) >= 11 is 0. The number of hydrogen-bond donors (Lipinski definition) is 0. The van der Waals surface area contributed by atoms with Crippen LogP contribution in [0.5, 0.6) is 0 Å². The third-order valence-corrected chi connectivity index (χ3v) is 3.33. The van der Waals surface area contributed by atoms with Gasteiger partial charge in [-0.2, -0.15) is 0 Å². The zero-order valence-electron chi connectivity index (χ0n) is 10.8. The zero-order chi connectivity index (χ0) is 13.0. The molecule has 0 radical (unpaired) electrons. The van der Waals surface area contributed by atoms with Crippen molar-refractivity contribution in [3.63, 3.8) is 0 Å². The molecular weight excluding hydrogens is 230 g/mol. The summed E-state index contributed by atoms with van der Waals surface area (Å²) in [5, 5.41) is 0. The van der Waals surface area contributed by atoms with E-state index in [-0.39, 0.29) is 18.1 Å². The van der Waals surface area contributed by atoms with Crippen molar-refractivity contribution in [3.05, 3.63) is 35.9 Å². The van der Waals surface area contributed by atoms with Gasteiger partial charge in [-0.25, -0.2) is 0 Å². The number of nitrogens with zero attached hydrogens (tertiary/aromatic N) is 1. The molecule has 2 rings (SSSR count). The van der Waals surface area contributed by atoms with E-state index in [0.29, 0.717) is 6.61 Å². The first-order valence-electron chi connectivity index (χ1n) is 6.26. The maximum atomic E-state index is 12.0. The molecule has 1 fully saturated rings. The molecule has 1 aliphatic heterocycles. The van der Waals surface area contributed by atoms with Crippen LogP contribution in [0.25, 0.3) is 0 Å². The maximum absolute atomic E-state index is 12.0. The van der Waals surface area contributed by atoms with Crippen molar-refractivity contribution >= 4 is 5.97 Å². The van der Waals surface area contributed by atoms with Gasteiger partial charge in [-0.15, -0.1) is 0 Å². The van der Waals surface area contributed by atoms with E-state index in [1.54, 1.807) is 0 Å². The van der Waals surface area contributed by atoms with Crippen LogP contribution in [0, 0.1) is 0 Å². The molecule has 1 aromatic carbocycles. The smallest absolute Gasteiger partial charge is 0.326 e. The first-order valence-corrected chi connectivity index (χ1v) is 6.26. The third kappa shape index (κ3) is 2.54. The molecule has 1 aliphatic rings. The maximum Gasteiger partial charge on any atom is 0.326 e. The van der Waals surface area contributed by atoms with Crippen molar-refractivity contribution in [3.8, 4) is 0 Å². The lowest BCUT2D eigenvalue weighted by Crippen LogP contribution is -2.51. The van der Waals surface area contributed by atoms with Crippen LogP contribution in [0.2, 0.25) is 0 Å². The lowest BCUT2D eigenvalue weighted by atomic mass is 9.99. The Morgan fingerprint density at radius 2 is 2.17 bits per heavy atom. The first kappa shape index (κ1) is 13.1. The molecule has 0 bridgehead atoms. The molecule has 1 aromatic rings. The van der Waals surface area contributed by atoms with Crippen LogP contribution >= 0.6 is 0 Å². The summed E-state index contributed by atoms with van der Waals surface area (Å²) in [5.41, 5.74) is 1.02. The van der Waals surface area contributed by atoms with Crippen LogP contribution in [-0.4, -0.2) is 43.7 Å². The second kappa shape index (κ2) is 5.98. The van der Waals surface area contributed by atoms with Crippen molar-refractivity contribution in [2.75, 3.05) is 26.8 Å². The molecule has 2 atom stereocenters. The highest BCUT2D eigenvalue weighted by Crippen LogP contribution is 2.29. The van der Waals surface area contributed by atoms with E-state index >= 15 is 0 Å². The highest BCUT2D eigenvalue weighted by molar-refractivity contribution is 5.77. The van der Waals surface area contributed by atoms with Gasteiger partial charge >= 0.3 is 5.97 Å². The fourth-order valence-electron chi connectivity index (χ4n) is 2.39. The molecule has 4 heteroatoms. The Bertz CT molecular complexity index is 393. The summed E-state index contributed by atoms with van der Waals surface area (Å²) in [6.07, 6.45) is -0.243. The number of methoxy groups -OCH3 is 1. The van der Waals surface area contributed by atoms with Crippen LogP contribution in [0.4, 0.5) is 0 Å². The summed E-state index contributed by atoms with van der Waals surface area (Å²) in [5.74, 6) is -0.231. The van der Waals surface area contributed by atoms with Gasteiger partial charge in [0.25, 0.3) is 0 Å². The Kier molecular flexibility index (Phi) is 4.33. The zero-order valence-corrected chi connectivity index (χ0v) is 10.8. The van der Waals surface area contributed by atoms with E-state index in [1.165, 1.54) is 7.11 Å². The quantitative estimate of drug-likeness (QED) is 0.763. The van der Waals surface area contributed by atoms with Gasteiger partial charge in [0.2, 0.25) is 0 Å². The molecule has 0 spiro atoms. The second-order valence-electron chi connectivity index (χ2n) is 4.30. The van der Waals surface area contributed by atoms with Crippen molar-refractivity contribution in [1.82, 2.24) is 4.90 Å². The molecular formula is C14H19NO3. The Labute approximate surface area is 107 Å². The van der Waals surface area contributed by atoms with Gasteiger partial charge in [-0.3, -0.25) is 9.69 Å². The average molecular weight is 249 g/mol. The predicted octanol–water partition coefficient (Wildman–Crippen LogP) is 1.62. The minimum atomic E-state index is -0.351. The van der Waals surface area contributed by atoms with Crippen LogP contribution in [-0.2, 0) is 14.3 Å². The summed E-state index contributed by atoms with van der Waals surface area (Å²) in [4.78, 5) is 14.1. The van der Waals surface area contributed by atoms with Crippen LogP contribution in [0.1, 0.15) is 18.6 Å². The topological polar surface area (TPSA) is 38.8 Å². The predicted molar refractivity (Wildman–Crippen MR) is 68.2 cm³/mol. The largest absolute Gasteiger partial charge is 0.468 e. The van der Waals surface area contributed by atoms with Crippen LogP contribution in [0.15, 0.2) is 30.3 Å². The SMILES string of the molecule is CCN1CCOC(c2ccccc2)C1C(=O)OC. The summed E-state index contributed by atoms with van der Waals surface area (Å²) in [6, 6.07) is 9.49. The van der Waals surface area contributed by atoms with E-state index in [9.17, 15) is 4.79 Å². The lowest BCUT2D eigenvalue weighted by molar-refractivity contribution is -0.161. The highest BCUT2D eigenvalue weighted by atomic mass is 16.5. The van der Waals surface area contributed by atoms with Crippen molar-refractivity contribution < 1.29 is 14.3 Å². The molecule has 0 N–H and O–H groups in total. The molecule has 98 valence electrons. The van der Waals surface area contributed by atoms with Gasteiger partial charge in [0, 0.05) is 6.54 Å². The van der Waals surface area contributed by atoms with E-state index < -0.39 is 0 Å². The number of carbonyl (C=O) groups excluding carboxylic acids is 1. The molecule has 0 aliphatic carbocycles. The molecule has 1 heterocycles. The number of benzene rings is 1. The molecule has 0 saturated carbocycles. The van der Waals surface area contributed by atoms with Gasteiger partial charge in [-0.1, -0.05) is 37.3 Å². The Morgan fingerprint density at radius 3 is 2.78 bits per heavy atom.